The van der Waals surface area contributed by atoms with Crippen LogP contribution in [-0.2, 0) is 20.9 Å². The standard InChI is InChI=1S/C33H45N5O6/c1-21(2)29-31(41)35-7-9-37-8-6-34-30(37)24-4-5-25(43-3)26(13-24)44-11-10-38(19-27(39)36-29)28(40)18-32-14-22-12-23(15-32)17-33(42,16-22)20-32/h4-6,8,13,21-23,29,42H,7,9-12,14-20H2,1-3H3,(H,35,41)(H,36,39)/t22?,23?,29-,32?,33?/m1/s1. The Hall–Kier alpha value is -3.60. The van der Waals surface area contributed by atoms with Crippen molar-refractivity contribution in [1.82, 2.24) is 25.1 Å². The minimum atomic E-state index is -0.745. The van der Waals surface area contributed by atoms with Crippen molar-refractivity contribution in [3.05, 3.63) is 30.6 Å². The van der Waals surface area contributed by atoms with Gasteiger partial charge in [0.1, 0.15) is 18.5 Å². The molecule has 3 amide bonds. The third-order valence-electron chi connectivity index (χ3n) is 10.0. The van der Waals surface area contributed by atoms with Gasteiger partial charge in [0.25, 0.3) is 0 Å². The smallest absolute Gasteiger partial charge is 0.242 e. The van der Waals surface area contributed by atoms with Crippen LogP contribution >= 0.6 is 0 Å². The molecule has 6 bridgehead atoms. The van der Waals surface area contributed by atoms with Crippen LogP contribution in [0.4, 0.5) is 0 Å². The van der Waals surface area contributed by atoms with Gasteiger partial charge in [0.15, 0.2) is 11.5 Å². The number of carbonyl (C=O) groups excluding carboxylic acids is 3. The summed E-state index contributed by atoms with van der Waals surface area (Å²) in [5.41, 5.74) is -0.0836. The van der Waals surface area contributed by atoms with Crippen LogP contribution in [0.5, 0.6) is 11.5 Å². The van der Waals surface area contributed by atoms with Gasteiger partial charge in [-0.05, 0) is 79.9 Å². The number of amides is 3. The number of methoxy groups -OCH3 is 1. The molecule has 4 fully saturated rings. The number of imidazole rings is 1. The molecule has 0 radical (unpaired) electrons. The lowest BCUT2D eigenvalue weighted by Gasteiger charge is -2.60. The first-order valence-corrected chi connectivity index (χ1v) is 15.9. The summed E-state index contributed by atoms with van der Waals surface area (Å²) in [4.78, 5) is 46.7. The van der Waals surface area contributed by atoms with Gasteiger partial charge in [-0.3, -0.25) is 14.4 Å². The highest BCUT2D eigenvalue weighted by Gasteiger charge is 2.57. The van der Waals surface area contributed by atoms with Crippen molar-refractivity contribution in [1.29, 1.82) is 0 Å². The summed E-state index contributed by atoms with van der Waals surface area (Å²) in [7, 11) is 1.58. The monoisotopic (exact) mass is 607 g/mol. The number of benzene rings is 1. The SMILES string of the molecule is COc1ccc2cc1OCCN(C(=O)CC13CC4CC(CC(O)(C4)C1)C3)CC(=O)N[C@H](C(C)C)C(=O)NCCn1ccnc1-2. The van der Waals surface area contributed by atoms with Gasteiger partial charge in [0, 0.05) is 37.5 Å². The molecular weight excluding hydrogens is 562 g/mol. The van der Waals surface area contributed by atoms with Gasteiger partial charge in [-0.1, -0.05) is 13.8 Å². The van der Waals surface area contributed by atoms with Crippen molar-refractivity contribution in [3.63, 3.8) is 0 Å². The number of fused-ring (bicyclic) bond motifs is 4. The molecule has 3 atom stereocenters. The Morgan fingerprint density at radius 2 is 1.95 bits per heavy atom. The van der Waals surface area contributed by atoms with Crippen molar-refractivity contribution in [2.75, 3.05) is 33.4 Å². The van der Waals surface area contributed by atoms with E-state index in [1.165, 1.54) is 0 Å². The molecule has 1 aromatic carbocycles. The Morgan fingerprint density at radius 1 is 1.18 bits per heavy atom. The zero-order valence-corrected chi connectivity index (χ0v) is 26.0. The molecule has 2 heterocycles. The Bertz CT molecular complexity index is 1390. The van der Waals surface area contributed by atoms with Gasteiger partial charge in [0.05, 0.1) is 25.8 Å². The normalized spacial score (nSPS) is 30.7. The number of nitrogens with one attached hydrogen (secondary N) is 2. The minimum absolute atomic E-state index is 0.125. The highest BCUT2D eigenvalue weighted by Crippen LogP contribution is 2.62. The topological polar surface area (TPSA) is 135 Å². The van der Waals surface area contributed by atoms with Crippen molar-refractivity contribution in [3.8, 4) is 22.9 Å². The van der Waals surface area contributed by atoms with E-state index in [9.17, 15) is 19.5 Å². The van der Waals surface area contributed by atoms with Gasteiger partial charge in [-0.25, -0.2) is 4.98 Å². The number of aliphatic hydroxyl groups is 1. The first-order chi connectivity index (χ1) is 21.1. The van der Waals surface area contributed by atoms with E-state index in [0.717, 1.165) is 43.5 Å². The molecule has 11 nitrogen and oxygen atoms in total. The van der Waals surface area contributed by atoms with Crippen LogP contribution in [0.3, 0.4) is 0 Å². The van der Waals surface area contributed by atoms with Crippen LogP contribution in [0.2, 0.25) is 0 Å². The molecule has 2 aromatic rings. The number of hydrogen-bond acceptors (Lipinski definition) is 7. The largest absolute Gasteiger partial charge is 0.493 e. The van der Waals surface area contributed by atoms with E-state index in [1.54, 1.807) is 18.2 Å². The van der Waals surface area contributed by atoms with Crippen LogP contribution in [0.25, 0.3) is 11.4 Å². The van der Waals surface area contributed by atoms with Crippen LogP contribution < -0.4 is 20.1 Å². The predicted molar refractivity (Wildman–Crippen MR) is 163 cm³/mol. The van der Waals surface area contributed by atoms with E-state index >= 15 is 0 Å². The maximum Gasteiger partial charge on any atom is 0.242 e. The first-order valence-electron chi connectivity index (χ1n) is 15.9. The molecule has 238 valence electrons. The summed E-state index contributed by atoms with van der Waals surface area (Å²) in [5, 5.41) is 17.1. The van der Waals surface area contributed by atoms with Crippen molar-refractivity contribution >= 4 is 17.7 Å². The molecule has 1 aromatic heterocycles. The summed E-state index contributed by atoms with van der Waals surface area (Å²) < 4.78 is 13.7. The van der Waals surface area contributed by atoms with Gasteiger partial charge >= 0.3 is 0 Å². The predicted octanol–water partition coefficient (Wildman–Crippen LogP) is 2.76. The fourth-order valence-electron chi connectivity index (χ4n) is 8.61. The number of nitrogens with zero attached hydrogens (tertiary/aromatic N) is 3. The summed E-state index contributed by atoms with van der Waals surface area (Å²) >= 11 is 0. The van der Waals surface area contributed by atoms with Crippen molar-refractivity contribution in [2.45, 2.75) is 77.0 Å². The van der Waals surface area contributed by atoms with Crippen LogP contribution in [0.15, 0.2) is 30.6 Å². The fourth-order valence-corrected chi connectivity index (χ4v) is 8.61. The average Bonchev–Trinajstić information content (AvgIpc) is 3.41. The van der Waals surface area contributed by atoms with Gasteiger partial charge < -0.3 is 34.7 Å². The third kappa shape index (κ3) is 6.29. The van der Waals surface area contributed by atoms with Crippen molar-refractivity contribution in [2.24, 2.45) is 23.2 Å². The number of ether oxygens (including phenoxy) is 2. The fraction of sp³-hybridized carbons (Fsp3) is 0.636. The van der Waals surface area contributed by atoms with Crippen LogP contribution in [-0.4, -0.2) is 82.3 Å². The van der Waals surface area contributed by atoms with Crippen molar-refractivity contribution < 1.29 is 29.0 Å². The van der Waals surface area contributed by atoms with E-state index in [0.29, 0.717) is 49.3 Å². The zero-order valence-electron chi connectivity index (χ0n) is 26.0. The quantitative estimate of drug-likeness (QED) is 0.487. The molecule has 0 spiro atoms. The maximum absolute atomic E-state index is 14.0. The van der Waals surface area contributed by atoms with E-state index in [4.69, 9.17) is 9.47 Å². The molecule has 3 N–H and O–H groups in total. The molecule has 1 aliphatic heterocycles. The van der Waals surface area contributed by atoms with E-state index in [2.05, 4.69) is 15.6 Å². The number of carbonyl (C=O) groups is 3. The number of rotatable bonds is 4. The molecule has 2 unspecified atom stereocenters. The number of aromatic nitrogens is 2. The summed E-state index contributed by atoms with van der Waals surface area (Å²) in [6.07, 6.45) is 9.20. The molecule has 44 heavy (non-hydrogen) atoms. The second kappa shape index (κ2) is 12.1. The minimum Gasteiger partial charge on any atom is -0.493 e. The molecule has 0 saturated heterocycles. The summed E-state index contributed by atoms with van der Waals surface area (Å²) in [6.45, 7) is 4.75. The summed E-state index contributed by atoms with van der Waals surface area (Å²) in [5.74, 6) is 1.76. The highest BCUT2D eigenvalue weighted by molar-refractivity contribution is 5.90. The molecule has 11 heteroatoms. The maximum atomic E-state index is 14.0. The second-order valence-corrected chi connectivity index (χ2v) is 13.9. The lowest BCUT2D eigenvalue weighted by Crippen LogP contribution is -2.57. The Balaban J connectivity index is 1.26. The van der Waals surface area contributed by atoms with E-state index in [1.807, 2.05) is 42.8 Å². The van der Waals surface area contributed by atoms with E-state index < -0.39 is 17.6 Å². The average molecular weight is 608 g/mol. The first kappa shape index (κ1) is 30.4. The van der Waals surface area contributed by atoms with Gasteiger partial charge in [0.2, 0.25) is 17.7 Å². The molecule has 5 aliphatic rings. The van der Waals surface area contributed by atoms with E-state index in [-0.39, 0.29) is 42.8 Å². The lowest BCUT2D eigenvalue weighted by atomic mass is 9.47. The Kier molecular flexibility index (Phi) is 8.34. The molecular formula is C33H45N5O6. The zero-order chi connectivity index (χ0) is 31.1. The molecule has 4 saturated carbocycles. The second-order valence-electron chi connectivity index (χ2n) is 13.9. The van der Waals surface area contributed by atoms with Crippen LogP contribution in [0.1, 0.15) is 58.8 Å². The molecule has 7 rings (SSSR count). The summed E-state index contributed by atoms with van der Waals surface area (Å²) in [6, 6.07) is 4.84. The number of hydrogen-bond donors (Lipinski definition) is 3. The Labute approximate surface area is 258 Å². The molecule has 4 aliphatic carbocycles. The van der Waals surface area contributed by atoms with Crippen LogP contribution in [0, 0.1) is 23.2 Å². The highest BCUT2D eigenvalue weighted by atomic mass is 16.5. The third-order valence-corrected chi connectivity index (χ3v) is 10.0. The Morgan fingerprint density at radius 3 is 2.66 bits per heavy atom. The lowest BCUT2D eigenvalue weighted by molar-refractivity contribution is -0.172. The van der Waals surface area contributed by atoms with Gasteiger partial charge in [-0.15, -0.1) is 0 Å². The van der Waals surface area contributed by atoms with Gasteiger partial charge in [-0.2, -0.15) is 0 Å².